The standard InChI is InChI=1S/C41H70O16/c1-2-3-4-5-6-7-8-37-9-11-38(12-10-37)56-35-33-54-31-29-52-27-25-50-23-21-48-19-17-46-15-16-47-18-20-49-22-24-51-26-28-53-30-32-55-34-36-57-40(43)14-13-39(42)41(44)45/h9-12H,2-8,13-36H2,1H3,(H,44,45). The molecule has 0 amide bonds. The molecule has 0 atom stereocenters. The lowest BCUT2D eigenvalue weighted by atomic mass is 10.0. The minimum absolute atomic E-state index is 0.0129. The van der Waals surface area contributed by atoms with E-state index >= 15 is 0 Å². The van der Waals surface area contributed by atoms with Crippen LogP contribution in [0, 0.1) is 0 Å². The van der Waals surface area contributed by atoms with Crippen molar-refractivity contribution in [2.24, 2.45) is 0 Å². The number of carboxylic acids is 1. The van der Waals surface area contributed by atoms with Gasteiger partial charge in [0.2, 0.25) is 5.78 Å². The van der Waals surface area contributed by atoms with Gasteiger partial charge >= 0.3 is 11.9 Å². The van der Waals surface area contributed by atoms with Crippen LogP contribution >= 0.6 is 0 Å². The SMILES string of the molecule is CCCCCCCCc1ccc(OCCOCCOCCOCCOCCOCCOCCOCCOCCOCCOCCOC(=O)CCC(=O)C(=O)O)cc1. The lowest BCUT2D eigenvalue weighted by Gasteiger charge is -2.09. The van der Waals surface area contributed by atoms with Gasteiger partial charge in [-0.3, -0.25) is 9.59 Å². The molecule has 1 N–H and O–H groups in total. The summed E-state index contributed by atoms with van der Waals surface area (Å²) in [7, 11) is 0. The number of carboxylic acid groups (broad SMARTS) is 1. The molecule has 0 aromatic heterocycles. The molecule has 0 aliphatic carbocycles. The maximum Gasteiger partial charge on any atom is 0.372 e. The van der Waals surface area contributed by atoms with Crippen molar-refractivity contribution >= 4 is 17.7 Å². The molecule has 330 valence electrons. The Balaban J connectivity index is 1.68. The van der Waals surface area contributed by atoms with Crippen LogP contribution in [-0.2, 0) is 72.9 Å². The predicted octanol–water partition coefficient (Wildman–Crippen LogP) is 4.11. The third-order valence-electron chi connectivity index (χ3n) is 7.87. The van der Waals surface area contributed by atoms with Crippen LogP contribution in [-0.4, -0.2) is 168 Å². The second kappa shape index (κ2) is 41.4. The van der Waals surface area contributed by atoms with Gasteiger partial charge in [0.05, 0.1) is 139 Å². The number of rotatable bonds is 45. The number of hydrogen-bond donors (Lipinski definition) is 1. The fourth-order valence-corrected chi connectivity index (χ4v) is 4.77. The molecular weight excluding hydrogens is 748 g/mol. The summed E-state index contributed by atoms with van der Waals surface area (Å²) < 4.78 is 65.2. The van der Waals surface area contributed by atoms with E-state index in [1.807, 2.05) is 12.1 Å². The number of ketones is 1. The summed E-state index contributed by atoms with van der Waals surface area (Å²) in [6.45, 7) is 11.7. The first kappa shape index (κ1) is 52.2. The smallest absolute Gasteiger partial charge is 0.372 e. The number of aryl methyl sites for hydroxylation is 1. The zero-order valence-electron chi connectivity index (χ0n) is 34.3. The van der Waals surface area contributed by atoms with E-state index in [1.54, 1.807) is 0 Å². The Morgan fingerprint density at radius 1 is 0.439 bits per heavy atom. The number of ether oxygens (including phenoxy) is 12. The van der Waals surface area contributed by atoms with Gasteiger partial charge in [-0.15, -0.1) is 0 Å². The van der Waals surface area contributed by atoms with Crippen LogP contribution in [0.3, 0.4) is 0 Å². The van der Waals surface area contributed by atoms with Gasteiger partial charge in [-0.1, -0.05) is 51.2 Å². The number of esters is 1. The molecular formula is C41H70O16. The zero-order chi connectivity index (χ0) is 41.1. The van der Waals surface area contributed by atoms with Crippen LogP contribution in [0.5, 0.6) is 5.75 Å². The average molecular weight is 819 g/mol. The van der Waals surface area contributed by atoms with Gasteiger partial charge in [-0.25, -0.2) is 4.79 Å². The molecule has 0 unspecified atom stereocenters. The highest BCUT2D eigenvalue weighted by molar-refractivity contribution is 6.32. The second-order valence-electron chi connectivity index (χ2n) is 12.6. The molecule has 57 heavy (non-hydrogen) atoms. The van der Waals surface area contributed by atoms with E-state index in [4.69, 9.17) is 61.9 Å². The molecule has 16 nitrogen and oxygen atoms in total. The largest absolute Gasteiger partial charge is 0.491 e. The van der Waals surface area contributed by atoms with Gasteiger partial charge in [0.25, 0.3) is 0 Å². The molecule has 1 rings (SSSR count). The summed E-state index contributed by atoms with van der Waals surface area (Å²) in [6, 6.07) is 8.40. The van der Waals surface area contributed by atoms with E-state index in [9.17, 15) is 14.4 Å². The molecule has 16 heteroatoms. The lowest BCUT2D eigenvalue weighted by molar-refractivity contribution is -0.151. The molecule has 0 spiro atoms. The molecule has 0 aliphatic rings. The first-order valence-corrected chi connectivity index (χ1v) is 20.4. The van der Waals surface area contributed by atoms with E-state index < -0.39 is 17.7 Å². The summed E-state index contributed by atoms with van der Waals surface area (Å²) in [5, 5.41) is 8.46. The number of Topliss-reactive ketones (excluding diaryl/α,β-unsaturated/α-hetero) is 1. The Morgan fingerprint density at radius 3 is 1.18 bits per heavy atom. The zero-order valence-corrected chi connectivity index (χ0v) is 34.3. The Bertz CT molecular complexity index is 1060. The van der Waals surface area contributed by atoms with Crippen molar-refractivity contribution < 1.29 is 76.3 Å². The second-order valence-corrected chi connectivity index (χ2v) is 12.6. The van der Waals surface area contributed by atoms with Crippen LogP contribution in [0.25, 0.3) is 0 Å². The lowest BCUT2D eigenvalue weighted by Crippen LogP contribution is -2.17. The van der Waals surface area contributed by atoms with Crippen LogP contribution < -0.4 is 4.74 Å². The Hall–Kier alpha value is -2.77. The van der Waals surface area contributed by atoms with Crippen molar-refractivity contribution in [1.29, 1.82) is 0 Å². The monoisotopic (exact) mass is 818 g/mol. The summed E-state index contributed by atoms with van der Waals surface area (Å²) in [5.41, 5.74) is 1.37. The van der Waals surface area contributed by atoms with Crippen molar-refractivity contribution in [3.63, 3.8) is 0 Å². The normalized spacial score (nSPS) is 11.2. The molecule has 1 aromatic carbocycles. The average Bonchev–Trinajstić information content (AvgIpc) is 3.21. The third-order valence-corrected chi connectivity index (χ3v) is 7.87. The summed E-state index contributed by atoms with van der Waals surface area (Å²) in [5.74, 6) is -2.36. The molecule has 0 radical (unpaired) electrons. The molecule has 0 bridgehead atoms. The molecule has 1 aromatic rings. The van der Waals surface area contributed by atoms with Gasteiger partial charge in [0, 0.05) is 6.42 Å². The van der Waals surface area contributed by atoms with Gasteiger partial charge in [0.15, 0.2) is 0 Å². The van der Waals surface area contributed by atoms with Crippen molar-refractivity contribution in [3.05, 3.63) is 29.8 Å². The van der Waals surface area contributed by atoms with E-state index in [1.165, 1.54) is 44.1 Å². The highest BCUT2D eigenvalue weighted by Gasteiger charge is 2.14. The van der Waals surface area contributed by atoms with Crippen molar-refractivity contribution in [2.75, 3.05) is 145 Å². The van der Waals surface area contributed by atoms with Gasteiger partial charge < -0.3 is 61.9 Å². The van der Waals surface area contributed by atoms with Crippen LogP contribution in [0.2, 0.25) is 0 Å². The fourth-order valence-electron chi connectivity index (χ4n) is 4.77. The number of aliphatic carboxylic acids is 1. The topological polar surface area (TPSA) is 182 Å². The maximum atomic E-state index is 11.4. The Morgan fingerprint density at radius 2 is 0.789 bits per heavy atom. The Labute approximate surface area is 339 Å². The minimum atomic E-state index is -1.56. The number of carbonyl (C=O) groups is 3. The fraction of sp³-hybridized carbons (Fsp3) is 0.780. The van der Waals surface area contributed by atoms with E-state index in [0.717, 1.165) is 12.2 Å². The first-order chi connectivity index (χ1) is 28.0. The molecule has 0 saturated heterocycles. The van der Waals surface area contributed by atoms with Crippen molar-refractivity contribution in [1.82, 2.24) is 0 Å². The predicted molar refractivity (Wildman–Crippen MR) is 210 cm³/mol. The highest BCUT2D eigenvalue weighted by Crippen LogP contribution is 2.15. The molecule has 0 fully saturated rings. The van der Waals surface area contributed by atoms with Gasteiger partial charge in [-0.05, 0) is 30.5 Å². The minimum Gasteiger partial charge on any atom is -0.491 e. The Kier molecular flexibility index (Phi) is 37.9. The van der Waals surface area contributed by atoms with Crippen LogP contribution in [0.4, 0.5) is 0 Å². The highest BCUT2D eigenvalue weighted by atomic mass is 16.6. The van der Waals surface area contributed by atoms with Gasteiger partial charge in [0.1, 0.15) is 19.0 Å². The quantitative estimate of drug-likeness (QED) is 0.0564. The molecule has 0 saturated carbocycles. The number of carbonyl (C=O) groups excluding carboxylic acids is 2. The summed E-state index contributed by atoms with van der Waals surface area (Å²) in [6.07, 6.45) is 8.36. The van der Waals surface area contributed by atoms with E-state index in [2.05, 4.69) is 19.1 Å². The summed E-state index contributed by atoms with van der Waals surface area (Å²) in [4.78, 5) is 32.7. The van der Waals surface area contributed by atoms with Crippen molar-refractivity contribution in [3.8, 4) is 5.75 Å². The van der Waals surface area contributed by atoms with E-state index in [-0.39, 0.29) is 26.1 Å². The van der Waals surface area contributed by atoms with E-state index in [0.29, 0.717) is 132 Å². The number of hydrogen-bond acceptors (Lipinski definition) is 15. The first-order valence-electron chi connectivity index (χ1n) is 20.4. The number of unbranched alkanes of at least 4 members (excludes halogenated alkanes) is 5. The third kappa shape index (κ3) is 37.3. The van der Waals surface area contributed by atoms with Crippen LogP contribution in [0.15, 0.2) is 24.3 Å². The van der Waals surface area contributed by atoms with Gasteiger partial charge in [-0.2, -0.15) is 0 Å². The van der Waals surface area contributed by atoms with Crippen LogP contribution in [0.1, 0.15) is 63.9 Å². The van der Waals surface area contributed by atoms with Crippen molar-refractivity contribution in [2.45, 2.75) is 64.7 Å². The molecule has 0 heterocycles. The number of benzene rings is 1. The molecule has 0 aliphatic heterocycles. The summed E-state index contributed by atoms with van der Waals surface area (Å²) >= 11 is 0. The maximum absolute atomic E-state index is 11.4.